The van der Waals surface area contributed by atoms with Crippen molar-refractivity contribution in [2.45, 2.75) is 25.9 Å². The van der Waals surface area contributed by atoms with Crippen LogP contribution in [0.25, 0.3) is 10.2 Å². The summed E-state index contributed by atoms with van der Waals surface area (Å²) in [6.07, 6.45) is 2.38. The topological polar surface area (TPSA) is 86.2 Å². The van der Waals surface area contributed by atoms with Gasteiger partial charge in [0.25, 0.3) is 0 Å². The number of rotatable bonds is 7. The Morgan fingerprint density at radius 3 is 2.81 bits per heavy atom. The van der Waals surface area contributed by atoms with Gasteiger partial charge in [0.2, 0.25) is 5.28 Å². The molecule has 0 aromatic carbocycles. The van der Waals surface area contributed by atoms with Crippen LogP contribution in [0.2, 0.25) is 5.28 Å². The number of fused-ring (bicyclic) bond motifs is 1. The number of hydrogen-bond donors (Lipinski definition) is 2. The van der Waals surface area contributed by atoms with E-state index in [1.165, 1.54) is 4.88 Å². The lowest BCUT2D eigenvalue weighted by atomic mass is 10.1. The van der Waals surface area contributed by atoms with Gasteiger partial charge in [-0.15, -0.1) is 36.2 Å². The fraction of sp³-hybridized carbons (Fsp3) is 0.375. The first kappa shape index (κ1) is 23.0. The van der Waals surface area contributed by atoms with E-state index in [1.807, 2.05) is 19.1 Å². The summed E-state index contributed by atoms with van der Waals surface area (Å²) in [5.41, 5.74) is 8.04. The lowest BCUT2D eigenvalue weighted by Crippen LogP contribution is -2.27. The Kier molecular flexibility index (Phi) is 9.09. The number of ether oxygens (including phenoxy) is 1. The third-order valence-electron chi connectivity index (χ3n) is 3.68. The number of hydrogen-bond acceptors (Lipinski definition) is 7. The molecule has 0 bridgehead atoms. The Labute approximate surface area is 173 Å². The quantitative estimate of drug-likeness (QED) is 0.536. The minimum absolute atomic E-state index is 0. The number of anilines is 1. The average molecular weight is 440 g/mol. The molecule has 1 atom stereocenters. The van der Waals surface area contributed by atoms with Crippen LogP contribution < -0.4 is 11.1 Å². The van der Waals surface area contributed by atoms with Crippen molar-refractivity contribution in [3.05, 3.63) is 39.9 Å². The van der Waals surface area contributed by atoms with Crippen LogP contribution in [0.1, 0.15) is 16.2 Å². The van der Waals surface area contributed by atoms with Gasteiger partial charge in [-0.3, -0.25) is 0 Å². The van der Waals surface area contributed by atoms with E-state index in [9.17, 15) is 0 Å². The molecule has 0 aliphatic rings. The van der Waals surface area contributed by atoms with Crippen molar-refractivity contribution in [1.29, 1.82) is 0 Å². The second-order valence-electron chi connectivity index (χ2n) is 5.52. The van der Waals surface area contributed by atoms with Crippen LogP contribution >= 0.6 is 47.8 Å². The third-order valence-corrected chi connectivity index (χ3v) is 5.15. The van der Waals surface area contributed by atoms with Gasteiger partial charge in [-0.2, -0.15) is 4.98 Å². The molecule has 3 aromatic heterocycles. The van der Waals surface area contributed by atoms with Gasteiger partial charge >= 0.3 is 0 Å². The van der Waals surface area contributed by atoms with Gasteiger partial charge in [0, 0.05) is 18.0 Å². The van der Waals surface area contributed by atoms with Gasteiger partial charge in [0.15, 0.2) is 0 Å². The number of nitrogens with one attached hydrogen (secondary N) is 1. The van der Waals surface area contributed by atoms with E-state index < -0.39 is 0 Å². The predicted molar refractivity (Wildman–Crippen MR) is 111 cm³/mol. The van der Waals surface area contributed by atoms with Crippen molar-refractivity contribution in [2.75, 3.05) is 19.0 Å². The Balaban J connectivity index is 0.00000169. The number of methoxy groups -OCH3 is 1. The maximum Gasteiger partial charge on any atom is 0.224 e. The lowest BCUT2D eigenvalue weighted by molar-refractivity contribution is 0.180. The molecular formula is C16H21Cl3N4O2S. The molecule has 0 saturated carbocycles. The Morgan fingerprint density at radius 1 is 1.38 bits per heavy atom. The number of halogens is 3. The normalized spacial score (nSPS) is 11.7. The average Bonchev–Trinajstić information content (AvgIpc) is 3.15. The first-order valence-corrected chi connectivity index (χ1v) is 8.74. The Bertz CT molecular complexity index is 827. The summed E-state index contributed by atoms with van der Waals surface area (Å²) in [7, 11) is 1.65. The number of nitrogens with two attached hydrogens (primary N) is 1. The highest BCUT2D eigenvalue weighted by atomic mass is 35.5. The summed E-state index contributed by atoms with van der Waals surface area (Å²) < 4.78 is 11.4. The molecule has 3 rings (SSSR count). The summed E-state index contributed by atoms with van der Waals surface area (Å²) in [6, 6.07) is 3.70. The van der Waals surface area contributed by atoms with Crippen LogP contribution in [0.3, 0.4) is 0 Å². The summed E-state index contributed by atoms with van der Waals surface area (Å²) in [4.78, 5) is 9.88. The SMILES string of the molecule is COC[C@H](N)Cc1sc2c(NCc3ccco3)nc(Cl)nc2c1C.Cl.Cl. The maximum absolute atomic E-state index is 6.10. The van der Waals surface area contributed by atoms with Crippen LogP contribution in [0.4, 0.5) is 5.82 Å². The summed E-state index contributed by atoms with van der Waals surface area (Å²) in [6.45, 7) is 3.09. The van der Waals surface area contributed by atoms with Crippen molar-refractivity contribution in [3.8, 4) is 0 Å². The molecule has 0 fully saturated rings. The predicted octanol–water partition coefficient (Wildman–Crippen LogP) is 4.22. The summed E-state index contributed by atoms with van der Waals surface area (Å²) in [5.74, 6) is 1.54. The molecule has 3 aromatic rings. The van der Waals surface area contributed by atoms with Crippen LogP contribution in [-0.4, -0.2) is 29.7 Å². The van der Waals surface area contributed by atoms with E-state index >= 15 is 0 Å². The second-order valence-corrected chi connectivity index (χ2v) is 6.96. The lowest BCUT2D eigenvalue weighted by Gasteiger charge is -2.08. The van der Waals surface area contributed by atoms with E-state index in [0.717, 1.165) is 28.0 Å². The van der Waals surface area contributed by atoms with Gasteiger partial charge in [-0.05, 0) is 42.6 Å². The minimum atomic E-state index is -0.0512. The smallest absolute Gasteiger partial charge is 0.224 e. The summed E-state index contributed by atoms with van der Waals surface area (Å²) in [5, 5.41) is 3.50. The van der Waals surface area contributed by atoms with Gasteiger partial charge < -0.3 is 20.2 Å². The van der Waals surface area contributed by atoms with Gasteiger partial charge in [0.05, 0.1) is 29.6 Å². The molecule has 0 unspecified atom stereocenters. The van der Waals surface area contributed by atoms with Crippen molar-refractivity contribution in [1.82, 2.24) is 9.97 Å². The number of furan rings is 1. The van der Waals surface area contributed by atoms with Crippen LogP contribution in [0.15, 0.2) is 22.8 Å². The van der Waals surface area contributed by atoms with Crippen molar-refractivity contribution < 1.29 is 9.15 Å². The number of nitrogens with zero attached hydrogens (tertiary/aromatic N) is 2. The molecular weight excluding hydrogens is 419 g/mol. The molecule has 3 N–H and O–H groups in total. The Morgan fingerprint density at radius 2 is 2.15 bits per heavy atom. The highest BCUT2D eigenvalue weighted by molar-refractivity contribution is 7.19. The number of aryl methyl sites for hydroxylation is 1. The molecule has 0 amide bonds. The molecule has 0 aliphatic heterocycles. The van der Waals surface area contributed by atoms with E-state index in [-0.39, 0.29) is 36.1 Å². The zero-order valence-corrected chi connectivity index (χ0v) is 17.5. The maximum atomic E-state index is 6.10. The van der Waals surface area contributed by atoms with Gasteiger partial charge in [-0.1, -0.05) is 0 Å². The fourth-order valence-corrected chi connectivity index (χ4v) is 3.99. The van der Waals surface area contributed by atoms with Crippen LogP contribution in [0, 0.1) is 6.92 Å². The fourth-order valence-electron chi connectivity index (χ4n) is 2.52. The van der Waals surface area contributed by atoms with Crippen LogP contribution in [0.5, 0.6) is 0 Å². The number of thiophene rings is 1. The first-order chi connectivity index (χ1) is 11.6. The standard InChI is InChI=1S/C16H19ClN4O2S.2ClH/c1-9-12(6-10(18)8-22-2)24-14-13(9)20-16(17)21-15(14)19-7-11-4-3-5-23-11;;/h3-5,10H,6-8,18H2,1-2H3,(H,19,20,21);2*1H/t10-;;/m1../s1. The molecule has 6 nitrogen and oxygen atoms in total. The van der Waals surface area contributed by atoms with Gasteiger partial charge in [-0.25, -0.2) is 4.98 Å². The molecule has 10 heteroatoms. The van der Waals surface area contributed by atoms with E-state index in [0.29, 0.717) is 19.0 Å². The summed E-state index contributed by atoms with van der Waals surface area (Å²) >= 11 is 7.73. The van der Waals surface area contributed by atoms with Gasteiger partial charge in [0.1, 0.15) is 11.6 Å². The third kappa shape index (κ3) is 5.22. The highest BCUT2D eigenvalue weighted by Gasteiger charge is 2.17. The monoisotopic (exact) mass is 438 g/mol. The Hall–Kier alpha value is -1.09. The zero-order valence-electron chi connectivity index (χ0n) is 14.3. The first-order valence-electron chi connectivity index (χ1n) is 7.54. The van der Waals surface area contributed by atoms with E-state index in [2.05, 4.69) is 15.3 Å². The minimum Gasteiger partial charge on any atom is -0.467 e. The van der Waals surface area contributed by atoms with Crippen molar-refractivity contribution >= 4 is 63.8 Å². The zero-order chi connectivity index (χ0) is 17.1. The molecule has 3 heterocycles. The van der Waals surface area contributed by atoms with Crippen molar-refractivity contribution in [3.63, 3.8) is 0 Å². The van der Waals surface area contributed by atoms with E-state index in [1.54, 1.807) is 24.7 Å². The van der Waals surface area contributed by atoms with Crippen LogP contribution in [-0.2, 0) is 17.7 Å². The molecule has 0 spiro atoms. The second kappa shape index (κ2) is 10.3. The molecule has 0 radical (unpaired) electrons. The molecule has 26 heavy (non-hydrogen) atoms. The van der Waals surface area contributed by atoms with Crippen molar-refractivity contribution in [2.24, 2.45) is 5.73 Å². The molecule has 0 aliphatic carbocycles. The van der Waals surface area contributed by atoms with E-state index in [4.69, 9.17) is 26.5 Å². The number of aromatic nitrogens is 2. The highest BCUT2D eigenvalue weighted by Crippen LogP contribution is 2.35. The molecule has 0 saturated heterocycles. The largest absolute Gasteiger partial charge is 0.467 e. The molecule has 144 valence electrons.